The van der Waals surface area contributed by atoms with Crippen molar-refractivity contribution in [3.63, 3.8) is 0 Å². The van der Waals surface area contributed by atoms with Gasteiger partial charge in [0.25, 0.3) is 0 Å². The Balaban J connectivity index is 1.59. The fraction of sp³-hybridized carbons (Fsp3) is 0.200. The van der Waals surface area contributed by atoms with Crippen LogP contribution in [0.3, 0.4) is 0 Å². The van der Waals surface area contributed by atoms with E-state index in [0.29, 0.717) is 12.1 Å². The number of ether oxygens (including phenoxy) is 1. The van der Waals surface area contributed by atoms with Crippen molar-refractivity contribution < 1.29 is 14.3 Å². The molecule has 1 amide bonds. The van der Waals surface area contributed by atoms with E-state index in [1.54, 1.807) is 24.3 Å². The maximum atomic E-state index is 12.4. The summed E-state index contributed by atoms with van der Waals surface area (Å²) in [5, 5.41) is 6.28. The standard InChI is InChI=1S/C25H26N2O3/c1-18-8-12-21(13-9-18)24(20-6-4-3-5-7-20)27-17-23(28)26-16-19-10-14-22(15-11-19)25(29)30-2/h3-15,24,27H,16-17H2,1-2H3,(H,26,28)/t24-/m0/s1. The molecule has 3 aromatic rings. The third kappa shape index (κ3) is 5.78. The van der Waals surface area contributed by atoms with Gasteiger partial charge in [0, 0.05) is 6.54 Å². The molecule has 1 atom stereocenters. The van der Waals surface area contributed by atoms with E-state index in [4.69, 9.17) is 4.74 Å². The highest BCUT2D eigenvalue weighted by atomic mass is 16.5. The van der Waals surface area contributed by atoms with E-state index in [-0.39, 0.29) is 24.5 Å². The Hall–Kier alpha value is -3.44. The van der Waals surface area contributed by atoms with Crippen LogP contribution < -0.4 is 10.6 Å². The van der Waals surface area contributed by atoms with Crippen LogP contribution in [0.2, 0.25) is 0 Å². The Morgan fingerprint density at radius 2 is 1.50 bits per heavy atom. The largest absolute Gasteiger partial charge is 0.465 e. The number of carbonyl (C=O) groups is 2. The summed E-state index contributed by atoms with van der Waals surface area (Å²) < 4.78 is 4.69. The zero-order valence-corrected chi connectivity index (χ0v) is 17.2. The predicted molar refractivity (Wildman–Crippen MR) is 117 cm³/mol. The molecule has 0 radical (unpaired) electrons. The van der Waals surface area contributed by atoms with Gasteiger partial charge in [0.05, 0.1) is 25.3 Å². The van der Waals surface area contributed by atoms with Crippen LogP contribution in [0.4, 0.5) is 0 Å². The highest BCUT2D eigenvalue weighted by Gasteiger charge is 2.15. The van der Waals surface area contributed by atoms with Crippen LogP contribution in [0.5, 0.6) is 0 Å². The molecular formula is C25H26N2O3. The summed E-state index contributed by atoms with van der Waals surface area (Å²) in [4.78, 5) is 23.9. The molecule has 0 saturated heterocycles. The average molecular weight is 402 g/mol. The summed E-state index contributed by atoms with van der Waals surface area (Å²) in [7, 11) is 1.35. The Kier molecular flexibility index (Phi) is 7.35. The number of hydrogen-bond donors (Lipinski definition) is 2. The van der Waals surface area contributed by atoms with E-state index < -0.39 is 0 Å². The molecular weight excluding hydrogens is 376 g/mol. The number of nitrogens with one attached hydrogen (secondary N) is 2. The first-order chi connectivity index (χ1) is 14.6. The van der Waals surface area contributed by atoms with E-state index in [2.05, 4.69) is 54.0 Å². The summed E-state index contributed by atoms with van der Waals surface area (Å²) in [6, 6.07) is 25.3. The highest BCUT2D eigenvalue weighted by Crippen LogP contribution is 2.22. The van der Waals surface area contributed by atoms with Gasteiger partial charge in [-0.1, -0.05) is 72.3 Å². The smallest absolute Gasteiger partial charge is 0.337 e. The molecule has 30 heavy (non-hydrogen) atoms. The lowest BCUT2D eigenvalue weighted by molar-refractivity contribution is -0.120. The molecule has 0 spiro atoms. The van der Waals surface area contributed by atoms with Crippen LogP contribution in [0.25, 0.3) is 0 Å². The third-order valence-electron chi connectivity index (χ3n) is 4.88. The minimum absolute atomic E-state index is 0.0723. The van der Waals surface area contributed by atoms with Crippen molar-refractivity contribution in [2.45, 2.75) is 19.5 Å². The van der Waals surface area contributed by atoms with Crippen molar-refractivity contribution in [1.29, 1.82) is 0 Å². The zero-order valence-electron chi connectivity index (χ0n) is 17.2. The van der Waals surface area contributed by atoms with Crippen molar-refractivity contribution in [1.82, 2.24) is 10.6 Å². The quantitative estimate of drug-likeness (QED) is 0.563. The Morgan fingerprint density at radius 3 is 2.13 bits per heavy atom. The molecule has 3 aromatic carbocycles. The molecule has 0 heterocycles. The summed E-state index contributed by atoms with van der Waals surface area (Å²) in [6.07, 6.45) is 0. The molecule has 154 valence electrons. The number of carbonyl (C=O) groups excluding carboxylic acids is 2. The van der Waals surface area contributed by atoms with Crippen molar-refractivity contribution in [3.8, 4) is 0 Å². The lowest BCUT2D eigenvalue weighted by atomic mass is 9.98. The van der Waals surface area contributed by atoms with Gasteiger partial charge in [0.2, 0.25) is 5.91 Å². The summed E-state index contributed by atoms with van der Waals surface area (Å²) in [5.74, 6) is -0.474. The molecule has 0 saturated carbocycles. The first-order valence-electron chi connectivity index (χ1n) is 9.85. The second kappa shape index (κ2) is 10.4. The van der Waals surface area contributed by atoms with Crippen LogP contribution in [0, 0.1) is 6.92 Å². The van der Waals surface area contributed by atoms with Crippen LogP contribution in [0.15, 0.2) is 78.9 Å². The predicted octanol–water partition coefficient (Wildman–Crippen LogP) is 3.78. The van der Waals surface area contributed by atoms with E-state index in [9.17, 15) is 9.59 Å². The SMILES string of the molecule is COC(=O)c1ccc(CNC(=O)CN[C@@H](c2ccccc2)c2ccc(C)cc2)cc1. The van der Waals surface area contributed by atoms with Gasteiger partial charge >= 0.3 is 5.97 Å². The molecule has 0 aliphatic rings. The molecule has 3 rings (SSSR count). The first kappa shape index (κ1) is 21.3. The van der Waals surface area contributed by atoms with Gasteiger partial charge in [-0.05, 0) is 35.7 Å². The van der Waals surface area contributed by atoms with E-state index in [1.807, 2.05) is 18.2 Å². The third-order valence-corrected chi connectivity index (χ3v) is 4.88. The fourth-order valence-corrected chi connectivity index (χ4v) is 3.17. The Bertz CT molecular complexity index is 968. The number of aryl methyl sites for hydroxylation is 1. The number of methoxy groups -OCH3 is 1. The Labute approximate surface area is 177 Å². The normalized spacial score (nSPS) is 11.5. The lowest BCUT2D eigenvalue weighted by Gasteiger charge is -2.20. The second-order valence-corrected chi connectivity index (χ2v) is 7.10. The molecule has 0 bridgehead atoms. The van der Waals surface area contributed by atoms with Gasteiger partial charge in [-0.3, -0.25) is 10.1 Å². The average Bonchev–Trinajstić information content (AvgIpc) is 2.79. The van der Waals surface area contributed by atoms with Crippen molar-refractivity contribution in [2.24, 2.45) is 0 Å². The molecule has 2 N–H and O–H groups in total. The van der Waals surface area contributed by atoms with Crippen LogP contribution in [0.1, 0.15) is 38.7 Å². The van der Waals surface area contributed by atoms with E-state index >= 15 is 0 Å². The summed E-state index contributed by atoms with van der Waals surface area (Å²) >= 11 is 0. The summed E-state index contributed by atoms with van der Waals surface area (Å²) in [5.41, 5.74) is 4.80. The molecule has 0 aliphatic carbocycles. The van der Waals surface area contributed by atoms with Crippen molar-refractivity contribution >= 4 is 11.9 Å². The van der Waals surface area contributed by atoms with Gasteiger partial charge in [0.15, 0.2) is 0 Å². The minimum Gasteiger partial charge on any atom is -0.465 e. The van der Waals surface area contributed by atoms with Crippen LogP contribution in [-0.2, 0) is 16.1 Å². The lowest BCUT2D eigenvalue weighted by Crippen LogP contribution is -2.35. The van der Waals surface area contributed by atoms with Crippen LogP contribution >= 0.6 is 0 Å². The van der Waals surface area contributed by atoms with E-state index in [1.165, 1.54) is 12.7 Å². The second-order valence-electron chi connectivity index (χ2n) is 7.10. The number of benzene rings is 3. The topological polar surface area (TPSA) is 67.4 Å². The summed E-state index contributed by atoms with van der Waals surface area (Å²) in [6.45, 7) is 2.63. The molecule has 0 aromatic heterocycles. The molecule has 0 aliphatic heterocycles. The van der Waals surface area contributed by atoms with E-state index in [0.717, 1.165) is 16.7 Å². The van der Waals surface area contributed by atoms with Gasteiger partial charge in [-0.2, -0.15) is 0 Å². The molecule has 5 nitrogen and oxygen atoms in total. The fourth-order valence-electron chi connectivity index (χ4n) is 3.17. The zero-order chi connectivity index (χ0) is 21.3. The number of esters is 1. The van der Waals surface area contributed by atoms with Gasteiger partial charge in [0.1, 0.15) is 0 Å². The molecule has 5 heteroatoms. The minimum atomic E-state index is -0.377. The maximum Gasteiger partial charge on any atom is 0.337 e. The van der Waals surface area contributed by atoms with Crippen molar-refractivity contribution in [3.05, 3.63) is 107 Å². The van der Waals surface area contributed by atoms with Gasteiger partial charge in [-0.25, -0.2) is 4.79 Å². The monoisotopic (exact) mass is 402 g/mol. The van der Waals surface area contributed by atoms with Crippen LogP contribution in [-0.4, -0.2) is 25.5 Å². The highest BCUT2D eigenvalue weighted by molar-refractivity contribution is 5.89. The number of rotatable bonds is 8. The Morgan fingerprint density at radius 1 is 0.867 bits per heavy atom. The van der Waals surface area contributed by atoms with Gasteiger partial charge in [-0.15, -0.1) is 0 Å². The molecule has 0 unspecified atom stereocenters. The first-order valence-corrected chi connectivity index (χ1v) is 9.85. The maximum absolute atomic E-state index is 12.4. The number of hydrogen-bond acceptors (Lipinski definition) is 4. The van der Waals surface area contributed by atoms with Crippen molar-refractivity contribution in [2.75, 3.05) is 13.7 Å². The van der Waals surface area contributed by atoms with Gasteiger partial charge < -0.3 is 10.1 Å². The number of amides is 1. The molecule has 0 fully saturated rings.